The summed E-state index contributed by atoms with van der Waals surface area (Å²) in [7, 11) is 0. The third-order valence-corrected chi connectivity index (χ3v) is 2.05. The molecule has 0 radical (unpaired) electrons. The molecular weight excluding hydrogens is 297 g/mol. The van der Waals surface area contributed by atoms with Crippen LogP contribution in [-0.4, -0.2) is 18.4 Å². The molecule has 124 valence electrons. The number of ether oxygens (including phenoxy) is 1. The number of benzene rings is 1. The van der Waals surface area contributed by atoms with Gasteiger partial charge in [0.2, 0.25) is 5.78 Å². The van der Waals surface area contributed by atoms with Crippen LogP contribution in [0.15, 0.2) is 24.3 Å². The fourth-order valence-corrected chi connectivity index (χ4v) is 1.17. The van der Waals surface area contributed by atoms with Crippen molar-refractivity contribution in [3.63, 3.8) is 0 Å². The van der Waals surface area contributed by atoms with Crippen LogP contribution in [0.5, 0.6) is 0 Å². The lowest BCUT2D eigenvalue weighted by atomic mass is 10.0. The van der Waals surface area contributed by atoms with Gasteiger partial charge in [-0.1, -0.05) is 34.3 Å². The highest BCUT2D eigenvalue weighted by molar-refractivity contribution is 6.23. The number of hydrogen-bond donors (Lipinski definition) is 0. The molecule has 22 heavy (non-hydrogen) atoms. The van der Waals surface area contributed by atoms with Crippen molar-refractivity contribution in [2.45, 2.75) is 34.6 Å². The first kappa shape index (κ1) is 22.2. The highest BCUT2D eigenvalue weighted by atomic mass is 19.2. The highest BCUT2D eigenvalue weighted by Gasteiger charge is 2.23. The van der Waals surface area contributed by atoms with Crippen LogP contribution < -0.4 is 0 Å². The van der Waals surface area contributed by atoms with Crippen molar-refractivity contribution in [2.24, 2.45) is 0 Å². The third kappa shape index (κ3) is 6.11. The molecule has 0 unspecified atom stereocenters. The zero-order valence-electron chi connectivity index (χ0n) is 13.4. The zero-order chi connectivity index (χ0) is 17.9. The predicted molar refractivity (Wildman–Crippen MR) is 79.1 cm³/mol. The van der Waals surface area contributed by atoms with Crippen LogP contribution in [-0.2, 0) is 9.53 Å². The molecule has 0 saturated heterocycles. The van der Waals surface area contributed by atoms with Gasteiger partial charge in [-0.3, -0.25) is 4.79 Å². The Kier molecular flexibility index (Phi) is 11.6. The number of ketones is 1. The Morgan fingerprint density at radius 2 is 1.45 bits per heavy atom. The summed E-state index contributed by atoms with van der Waals surface area (Å²) in [5.41, 5.74) is -1.42. The molecule has 0 aliphatic rings. The number of Topliss-reactive ketones (excluding diaryl/α,β-unsaturated/α-hetero) is 1. The van der Waals surface area contributed by atoms with Crippen molar-refractivity contribution in [3.8, 4) is 0 Å². The average Bonchev–Trinajstić information content (AvgIpc) is 2.53. The second kappa shape index (κ2) is 11.5. The van der Waals surface area contributed by atoms with Gasteiger partial charge in [0, 0.05) is 6.07 Å². The lowest BCUT2D eigenvalue weighted by Gasteiger charge is -2.06. The first-order chi connectivity index (χ1) is 10.4. The highest BCUT2D eigenvalue weighted by Crippen LogP contribution is 2.17. The SMILES string of the molecule is C=C(C(=O)OCC)C(=O)c1cc(F)c(F)cc1F.CC.CC. The van der Waals surface area contributed by atoms with Crippen molar-refractivity contribution in [1.29, 1.82) is 0 Å². The predicted octanol–water partition coefficient (Wildman–Crippen LogP) is 4.46. The van der Waals surface area contributed by atoms with E-state index in [0.717, 1.165) is 0 Å². The summed E-state index contributed by atoms with van der Waals surface area (Å²) in [5.74, 6) is -6.27. The molecular formula is C16H21F3O3. The first-order valence-corrected chi connectivity index (χ1v) is 6.93. The minimum atomic E-state index is -1.43. The third-order valence-electron chi connectivity index (χ3n) is 2.05. The van der Waals surface area contributed by atoms with Gasteiger partial charge in [-0.25, -0.2) is 18.0 Å². The quantitative estimate of drug-likeness (QED) is 0.206. The van der Waals surface area contributed by atoms with E-state index in [-0.39, 0.29) is 12.7 Å². The van der Waals surface area contributed by atoms with Crippen LogP contribution >= 0.6 is 0 Å². The Hall–Kier alpha value is -2.11. The standard InChI is InChI=1S/C12H9F3O3.2C2H6/c1-3-18-12(17)6(2)11(16)7-4-9(14)10(15)5-8(7)13;2*1-2/h4-5H,2-3H2,1H3;2*1-2H3. The van der Waals surface area contributed by atoms with Gasteiger partial charge in [0.25, 0.3) is 0 Å². The summed E-state index contributed by atoms with van der Waals surface area (Å²) in [6.45, 7) is 12.6. The average molecular weight is 318 g/mol. The number of hydrogen-bond acceptors (Lipinski definition) is 3. The Bertz CT molecular complexity index is 526. The summed E-state index contributed by atoms with van der Waals surface area (Å²) in [6.07, 6.45) is 0. The maximum Gasteiger partial charge on any atom is 0.341 e. The topological polar surface area (TPSA) is 43.4 Å². The van der Waals surface area contributed by atoms with Crippen molar-refractivity contribution < 1.29 is 27.5 Å². The number of carbonyl (C=O) groups excluding carboxylic acids is 2. The van der Waals surface area contributed by atoms with Gasteiger partial charge >= 0.3 is 5.97 Å². The maximum atomic E-state index is 13.3. The zero-order valence-corrected chi connectivity index (χ0v) is 13.4. The van der Waals surface area contributed by atoms with Crippen LogP contribution in [0.2, 0.25) is 0 Å². The molecule has 0 saturated carbocycles. The molecule has 0 heterocycles. The second-order valence-electron chi connectivity index (χ2n) is 3.27. The monoisotopic (exact) mass is 318 g/mol. The van der Waals surface area contributed by atoms with Crippen LogP contribution in [0.4, 0.5) is 13.2 Å². The van der Waals surface area contributed by atoms with Crippen molar-refractivity contribution in [1.82, 2.24) is 0 Å². The molecule has 0 spiro atoms. The van der Waals surface area contributed by atoms with Gasteiger partial charge in [-0.15, -0.1) is 0 Å². The van der Waals surface area contributed by atoms with Gasteiger partial charge < -0.3 is 4.74 Å². The summed E-state index contributed by atoms with van der Waals surface area (Å²) < 4.78 is 43.3. The molecule has 0 aromatic heterocycles. The fourth-order valence-electron chi connectivity index (χ4n) is 1.17. The van der Waals surface area contributed by atoms with Gasteiger partial charge in [-0.05, 0) is 13.0 Å². The molecule has 1 aromatic carbocycles. The number of esters is 1. The summed E-state index contributed by atoms with van der Waals surface area (Å²) in [6, 6.07) is 0.596. The molecule has 6 heteroatoms. The van der Waals surface area contributed by atoms with Gasteiger partial charge in [-0.2, -0.15) is 0 Å². The van der Waals surface area contributed by atoms with Crippen LogP contribution in [0, 0.1) is 17.5 Å². The summed E-state index contributed by atoms with van der Waals surface area (Å²) >= 11 is 0. The molecule has 3 nitrogen and oxygen atoms in total. The second-order valence-corrected chi connectivity index (χ2v) is 3.27. The minimum Gasteiger partial charge on any atom is -0.462 e. The molecule has 0 fully saturated rings. The number of rotatable bonds is 4. The van der Waals surface area contributed by atoms with E-state index >= 15 is 0 Å². The van der Waals surface area contributed by atoms with E-state index < -0.39 is 40.3 Å². The van der Waals surface area contributed by atoms with E-state index in [1.165, 1.54) is 6.92 Å². The van der Waals surface area contributed by atoms with Crippen molar-refractivity contribution in [2.75, 3.05) is 6.61 Å². The molecule has 0 amide bonds. The molecule has 1 rings (SSSR count). The van der Waals surface area contributed by atoms with E-state index in [1.54, 1.807) is 0 Å². The van der Waals surface area contributed by atoms with E-state index in [4.69, 9.17) is 0 Å². The maximum absolute atomic E-state index is 13.3. The lowest BCUT2D eigenvalue weighted by Crippen LogP contribution is -2.16. The summed E-state index contributed by atoms with van der Waals surface area (Å²) in [5, 5.41) is 0. The lowest BCUT2D eigenvalue weighted by molar-refractivity contribution is -0.138. The Labute approximate surface area is 128 Å². The van der Waals surface area contributed by atoms with E-state index in [2.05, 4.69) is 11.3 Å². The van der Waals surface area contributed by atoms with E-state index in [9.17, 15) is 22.8 Å². The normalized spacial score (nSPS) is 8.73. The minimum absolute atomic E-state index is 0.00535. The van der Waals surface area contributed by atoms with E-state index in [1.807, 2.05) is 27.7 Å². The largest absolute Gasteiger partial charge is 0.462 e. The Morgan fingerprint density at radius 3 is 1.91 bits per heavy atom. The molecule has 1 aromatic rings. The van der Waals surface area contributed by atoms with Gasteiger partial charge in [0.15, 0.2) is 11.6 Å². The van der Waals surface area contributed by atoms with E-state index in [0.29, 0.717) is 6.07 Å². The molecule has 0 bridgehead atoms. The number of halogens is 3. The Balaban J connectivity index is 0. The van der Waals surface area contributed by atoms with Crippen LogP contribution in [0.3, 0.4) is 0 Å². The van der Waals surface area contributed by atoms with Crippen LogP contribution in [0.1, 0.15) is 45.0 Å². The van der Waals surface area contributed by atoms with Gasteiger partial charge in [0.1, 0.15) is 11.4 Å². The Morgan fingerprint density at radius 1 is 1.00 bits per heavy atom. The smallest absolute Gasteiger partial charge is 0.341 e. The molecule has 0 N–H and O–H groups in total. The first-order valence-electron chi connectivity index (χ1n) is 6.93. The fraction of sp³-hybridized carbons (Fsp3) is 0.375. The number of carbonyl (C=O) groups is 2. The van der Waals surface area contributed by atoms with Crippen molar-refractivity contribution >= 4 is 11.8 Å². The molecule has 0 aliphatic heterocycles. The molecule has 0 aliphatic carbocycles. The molecule has 0 atom stereocenters. The van der Waals surface area contributed by atoms with Crippen LogP contribution in [0.25, 0.3) is 0 Å². The van der Waals surface area contributed by atoms with Crippen molar-refractivity contribution in [3.05, 3.63) is 47.3 Å². The van der Waals surface area contributed by atoms with Gasteiger partial charge in [0.05, 0.1) is 12.2 Å². The summed E-state index contributed by atoms with van der Waals surface area (Å²) in [4.78, 5) is 22.8.